The highest BCUT2D eigenvalue weighted by molar-refractivity contribution is 6.05. The van der Waals surface area contributed by atoms with E-state index < -0.39 is 0 Å². The van der Waals surface area contributed by atoms with Crippen molar-refractivity contribution in [1.82, 2.24) is 0 Å². The molecule has 1 aliphatic carbocycles. The van der Waals surface area contributed by atoms with Gasteiger partial charge < -0.3 is 15.1 Å². The maximum absolute atomic E-state index is 12.4. The molecule has 4 rings (SSSR count). The van der Waals surface area contributed by atoms with Crippen molar-refractivity contribution in [3.05, 3.63) is 83.3 Å². The highest BCUT2D eigenvalue weighted by Crippen LogP contribution is 2.25. The Balaban J connectivity index is 1.41. The topological polar surface area (TPSA) is 71.3 Å². The Bertz CT molecular complexity index is 944. The van der Waals surface area contributed by atoms with Gasteiger partial charge in [-0.05, 0) is 78.9 Å². The lowest BCUT2D eigenvalue weighted by atomic mass is 10.1. The average Bonchev–Trinajstić information content (AvgIpc) is 3.33. The molecule has 130 valence electrons. The third-order valence-electron chi connectivity index (χ3n) is 4.51. The highest BCUT2D eigenvalue weighted by atomic mass is 16.3. The molecule has 0 bridgehead atoms. The Hall–Kier alpha value is -3.34. The minimum atomic E-state index is -0.328. The number of fused-ring (bicyclic) bond motifs is 1. The molecule has 1 heterocycles. The molecule has 3 aromatic rings. The molecule has 0 unspecified atom stereocenters. The van der Waals surface area contributed by atoms with Gasteiger partial charge in [-0.3, -0.25) is 9.59 Å². The number of hydrogen-bond donors (Lipinski definition) is 2. The Morgan fingerprint density at radius 2 is 1.54 bits per heavy atom. The molecule has 2 N–H and O–H groups in total. The molecule has 0 aliphatic heterocycles. The molecular formula is C21H18N2O3. The zero-order valence-corrected chi connectivity index (χ0v) is 14.1. The summed E-state index contributed by atoms with van der Waals surface area (Å²) >= 11 is 0. The van der Waals surface area contributed by atoms with Gasteiger partial charge in [0.15, 0.2) is 5.76 Å². The van der Waals surface area contributed by atoms with Gasteiger partial charge in [-0.2, -0.15) is 0 Å². The van der Waals surface area contributed by atoms with Crippen LogP contribution in [0, 0.1) is 0 Å². The van der Waals surface area contributed by atoms with Crippen molar-refractivity contribution in [2.45, 2.75) is 19.3 Å². The number of furan rings is 1. The predicted molar refractivity (Wildman–Crippen MR) is 99.5 cm³/mol. The molecular weight excluding hydrogens is 328 g/mol. The lowest BCUT2D eigenvalue weighted by Gasteiger charge is -2.08. The second-order valence-electron chi connectivity index (χ2n) is 6.30. The summed E-state index contributed by atoms with van der Waals surface area (Å²) in [6.45, 7) is 0. The maximum Gasteiger partial charge on any atom is 0.291 e. The van der Waals surface area contributed by atoms with E-state index in [0.29, 0.717) is 11.3 Å². The van der Waals surface area contributed by atoms with Crippen LogP contribution in [-0.2, 0) is 12.8 Å². The monoisotopic (exact) mass is 346 g/mol. The number of carbonyl (C=O) groups excluding carboxylic acids is 2. The van der Waals surface area contributed by atoms with Gasteiger partial charge in [-0.1, -0.05) is 6.07 Å². The van der Waals surface area contributed by atoms with Crippen LogP contribution >= 0.6 is 0 Å². The van der Waals surface area contributed by atoms with Gasteiger partial charge in [0.05, 0.1) is 6.26 Å². The number of benzene rings is 2. The summed E-state index contributed by atoms with van der Waals surface area (Å²) in [4.78, 5) is 24.4. The molecule has 0 radical (unpaired) electrons. The first-order chi connectivity index (χ1) is 12.7. The molecule has 5 nitrogen and oxygen atoms in total. The Morgan fingerprint density at radius 3 is 2.31 bits per heavy atom. The van der Waals surface area contributed by atoms with E-state index in [-0.39, 0.29) is 17.6 Å². The Labute approximate surface area is 151 Å². The summed E-state index contributed by atoms with van der Waals surface area (Å²) in [5, 5.41) is 5.65. The second kappa shape index (κ2) is 6.88. The number of nitrogens with one attached hydrogen (secondary N) is 2. The lowest BCUT2D eigenvalue weighted by molar-refractivity contribution is 0.0995. The summed E-state index contributed by atoms with van der Waals surface area (Å²) < 4.78 is 5.05. The number of anilines is 2. The maximum atomic E-state index is 12.4. The number of carbonyl (C=O) groups is 2. The van der Waals surface area contributed by atoms with Gasteiger partial charge in [0.25, 0.3) is 11.8 Å². The van der Waals surface area contributed by atoms with E-state index in [2.05, 4.69) is 22.8 Å². The highest BCUT2D eigenvalue weighted by Gasteiger charge is 2.13. The van der Waals surface area contributed by atoms with Crippen molar-refractivity contribution >= 4 is 23.2 Å². The molecule has 2 amide bonds. The first-order valence-electron chi connectivity index (χ1n) is 8.57. The van der Waals surface area contributed by atoms with E-state index in [4.69, 9.17) is 4.42 Å². The van der Waals surface area contributed by atoms with E-state index in [9.17, 15) is 9.59 Å². The van der Waals surface area contributed by atoms with Crippen LogP contribution in [0.3, 0.4) is 0 Å². The van der Waals surface area contributed by atoms with Gasteiger partial charge in [0.1, 0.15) is 0 Å². The second-order valence-corrected chi connectivity index (χ2v) is 6.30. The zero-order valence-electron chi connectivity index (χ0n) is 14.1. The molecule has 26 heavy (non-hydrogen) atoms. The fraction of sp³-hybridized carbons (Fsp3) is 0.143. The van der Waals surface area contributed by atoms with Crippen molar-refractivity contribution in [2.24, 2.45) is 0 Å². The molecule has 1 aliphatic rings. The predicted octanol–water partition coefficient (Wildman–Crippen LogP) is 4.27. The minimum absolute atomic E-state index is 0.174. The molecule has 0 spiro atoms. The van der Waals surface area contributed by atoms with Crippen LogP contribution in [0.2, 0.25) is 0 Å². The SMILES string of the molecule is O=C(Nc1ccc2c(c1)CCC2)c1ccc(NC(=O)c2ccco2)cc1. The summed E-state index contributed by atoms with van der Waals surface area (Å²) in [7, 11) is 0. The van der Waals surface area contributed by atoms with Gasteiger partial charge in [-0.15, -0.1) is 0 Å². The number of aryl methyl sites for hydroxylation is 2. The van der Waals surface area contributed by atoms with E-state index in [1.54, 1.807) is 36.4 Å². The number of amides is 2. The average molecular weight is 346 g/mol. The van der Waals surface area contributed by atoms with Crippen LogP contribution in [0.4, 0.5) is 11.4 Å². The molecule has 5 heteroatoms. The van der Waals surface area contributed by atoms with Crippen LogP contribution < -0.4 is 10.6 Å². The van der Waals surface area contributed by atoms with Gasteiger partial charge in [0, 0.05) is 16.9 Å². The quantitative estimate of drug-likeness (QED) is 0.741. The molecule has 0 saturated carbocycles. The fourth-order valence-corrected chi connectivity index (χ4v) is 3.16. The van der Waals surface area contributed by atoms with Crippen LogP contribution in [0.1, 0.15) is 38.5 Å². The number of hydrogen-bond acceptors (Lipinski definition) is 3. The van der Waals surface area contributed by atoms with Crippen molar-refractivity contribution in [1.29, 1.82) is 0 Å². The van der Waals surface area contributed by atoms with Crippen LogP contribution in [0.15, 0.2) is 65.3 Å². The first kappa shape index (κ1) is 16.1. The molecule has 2 aromatic carbocycles. The summed E-state index contributed by atoms with van der Waals surface area (Å²) in [6.07, 6.45) is 4.82. The fourth-order valence-electron chi connectivity index (χ4n) is 3.16. The largest absolute Gasteiger partial charge is 0.459 e. The number of rotatable bonds is 4. The third-order valence-corrected chi connectivity index (χ3v) is 4.51. The van der Waals surface area contributed by atoms with E-state index in [1.807, 2.05) is 6.07 Å². The molecule has 0 saturated heterocycles. The van der Waals surface area contributed by atoms with Crippen LogP contribution in [0.5, 0.6) is 0 Å². The van der Waals surface area contributed by atoms with Crippen molar-refractivity contribution in [3.63, 3.8) is 0 Å². The van der Waals surface area contributed by atoms with E-state index in [1.165, 1.54) is 23.8 Å². The van der Waals surface area contributed by atoms with Crippen molar-refractivity contribution in [3.8, 4) is 0 Å². The standard InChI is InChI=1S/C21H18N2O3/c24-20(23-18-11-6-14-3-1-4-16(14)13-18)15-7-9-17(10-8-15)22-21(25)19-5-2-12-26-19/h2,5-13H,1,3-4H2,(H,22,25)(H,23,24). The van der Waals surface area contributed by atoms with Gasteiger partial charge in [-0.25, -0.2) is 0 Å². The molecule has 0 fully saturated rings. The smallest absolute Gasteiger partial charge is 0.291 e. The summed E-state index contributed by atoms with van der Waals surface area (Å²) in [5.41, 5.74) is 4.63. The van der Waals surface area contributed by atoms with Crippen LogP contribution in [-0.4, -0.2) is 11.8 Å². The van der Waals surface area contributed by atoms with Gasteiger partial charge >= 0.3 is 0 Å². The lowest BCUT2D eigenvalue weighted by Crippen LogP contribution is -2.13. The zero-order chi connectivity index (χ0) is 17.9. The Kier molecular flexibility index (Phi) is 4.27. The van der Waals surface area contributed by atoms with Crippen molar-refractivity contribution < 1.29 is 14.0 Å². The third kappa shape index (κ3) is 3.37. The molecule has 1 aromatic heterocycles. The van der Waals surface area contributed by atoms with E-state index >= 15 is 0 Å². The normalized spacial score (nSPS) is 12.5. The van der Waals surface area contributed by atoms with E-state index in [0.717, 1.165) is 18.5 Å². The first-order valence-corrected chi connectivity index (χ1v) is 8.57. The molecule has 0 atom stereocenters. The summed E-state index contributed by atoms with van der Waals surface area (Å²) in [6, 6.07) is 16.1. The van der Waals surface area contributed by atoms with Crippen LogP contribution in [0.25, 0.3) is 0 Å². The minimum Gasteiger partial charge on any atom is -0.459 e. The van der Waals surface area contributed by atoms with Crippen molar-refractivity contribution in [2.75, 3.05) is 10.6 Å². The Morgan fingerprint density at radius 1 is 0.808 bits per heavy atom. The van der Waals surface area contributed by atoms with Gasteiger partial charge in [0.2, 0.25) is 0 Å². The summed E-state index contributed by atoms with van der Waals surface area (Å²) in [5.74, 6) is -0.263.